The first-order chi connectivity index (χ1) is 11.2. The molecule has 0 saturated heterocycles. The molecule has 6 nitrogen and oxygen atoms in total. The van der Waals surface area contributed by atoms with Crippen LogP contribution in [0.5, 0.6) is 5.75 Å². The molecule has 0 saturated carbocycles. The molecule has 0 atom stereocenters. The van der Waals surface area contributed by atoms with E-state index in [0.29, 0.717) is 18.0 Å². The molecule has 2 rings (SSSR count). The predicted molar refractivity (Wildman–Crippen MR) is 86.4 cm³/mol. The number of carbonyl (C=O) groups is 1. The van der Waals surface area contributed by atoms with Crippen LogP contribution < -0.4 is 15.4 Å². The molecular weight excluding hydrogens is 292 g/mol. The van der Waals surface area contributed by atoms with Crippen molar-refractivity contribution in [3.8, 4) is 11.8 Å². The largest absolute Gasteiger partial charge is 0.495 e. The van der Waals surface area contributed by atoms with E-state index in [-0.39, 0.29) is 5.57 Å². The summed E-state index contributed by atoms with van der Waals surface area (Å²) in [5.41, 5.74) is 1.50. The van der Waals surface area contributed by atoms with Crippen molar-refractivity contribution in [3.63, 3.8) is 0 Å². The van der Waals surface area contributed by atoms with Crippen LogP contribution in [0.15, 0.2) is 60.6 Å². The van der Waals surface area contributed by atoms with Crippen molar-refractivity contribution < 1.29 is 9.53 Å². The lowest BCUT2D eigenvalue weighted by molar-refractivity contribution is -0.117. The quantitative estimate of drug-likeness (QED) is 0.631. The van der Waals surface area contributed by atoms with Crippen LogP contribution in [0.2, 0.25) is 0 Å². The standard InChI is InChI=1S/C17H16N4O2/c1-23-16-7-3-2-6-15(16)20-12-14(9-18)17(22)21-11-13-5-4-8-19-10-13/h2-8,10,12,20H,11H2,1H3,(H,21,22)/b14-12-. The van der Waals surface area contributed by atoms with Crippen LogP contribution in [0.4, 0.5) is 5.69 Å². The number of aromatic nitrogens is 1. The van der Waals surface area contributed by atoms with Crippen LogP contribution in [0.3, 0.4) is 0 Å². The first-order valence-corrected chi connectivity index (χ1v) is 6.91. The summed E-state index contributed by atoms with van der Waals surface area (Å²) in [5, 5.41) is 14.7. The van der Waals surface area contributed by atoms with Crippen molar-refractivity contribution in [2.75, 3.05) is 12.4 Å². The summed E-state index contributed by atoms with van der Waals surface area (Å²) >= 11 is 0. The van der Waals surface area contributed by atoms with Crippen LogP contribution >= 0.6 is 0 Å². The number of methoxy groups -OCH3 is 1. The summed E-state index contributed by atoms with van der Waals surface area (Å²) in [6, 6.07) is 12.7. The molecule has 0 unspecified atom stereocenters. The van der Waals surface area contributed by atoms with Gasteiger partial charge in [0.1, 0.15) is 17.4 Å². The average Bonchev–Trinajstić information content (AvgIpc) is 2.61. The summed E-state index contributed by atoms with van der Waals surface area (Å²) < 4.78 is 5.19. The number of benzene rings is 1. The van der Waals surface area contributed by atoms with Crippen molar-refractivity contribution in [1.82, 2.24) is 10.3 Å². The minimum Gasteiger partial charge on any atom is -0.495 e. The van der Waals surface area contributed by atoms with Gasteiger partial charge in [-0.3, -0.25) is 9.78 Å². The molecule has 1 amide bonds. The summed E-state index contributed by atoms with van der Waals surface area (Å²) in [6.45, 7) is 0.306. The lowest BCUT2D eigenvalue weighted by atomic mass is 10.2. The number of amides is 1. The third-order valence-corrected chi connectivity index (χ3v) is 3.02. The lowest BCUT2D eigenvalue weighted by Gasteiger charge is -2.08. The maximum Gasteiger partial charge on any atom is 0.263 e. The molecule has 2 N–H and O–H groups in total. The van der Waals surface area contributed by atoms with Crippen molar-refractivity contribution in [1.29, 1.82) is 5.26 Å². The van der Waals surface area contributed by atoms with E-state index in [1.165, 1.54) is 6.20 Å². The minimum absolute atomic E-state index is 0.0280. The summed E-state index contributed by atoms with van der Waals surface area (Å²) in [6.07, 6.45) is 4.67. The number of anilines is 1. The Hall–Kier alpha value is -3.33. The molecule has 116 valence electrons. The Morgan fingerprint density at radius 3 is 2.87 bits per heavy atom. The van der Waals surface area contributed by atoms with E-state index in [1.807, 2.05) is 24.3 Å². The molecule has 6 heteroatoms. The Bertz CT molecular complexity index is 736. The van der Waals surface area contributed by atoms with Gasteiger partial charge in [0.25, 0.3) is 5.91 Å². The molecule has 0 radical (unpaired) electrons. The molecule has 0 aliphatic rings. The van der Waals surface area contributed by atoms with Gasteiger partial charge in [0, 0.05) is 25.1 Å². The number of nitrogens with one attached hydrogen (secondary N) is 2. The number of hydrogen-bond donors (Lipinski definition) is 2. The first kappa shape index (κ1) is 16.0. The maximum absolute atomic E-state index is 12.0. The SMILES string of the molecule is COc1ccccc1N/C=C(/C#N)C(=O)NCc1cccnc1. The fraction of sp³-hybridized carbons (Fsp3) is 0.118. The number of para-hydroxylation sites is 2. The Balaban J connectivity index is 2.01. The Labute approximate surface area is 134 Å². The van der Waals surface area contributed by atoms with Gasteiger partial charge < -0.3 is 15.4 Å². The highest BCUT2D eigenvalue weighted by atomic mass is 16.5. The van der Waals surface area contributed by atoms with E-state index < -0.39 is 5.91 Å². The molecule has 0 bridgehead atoms. The smallest absolute Gasteiger partial charge is 0.263 e. The van der Waals surface area contributed by atoms with Gasteiger partial charge in [-0.1, -0.05) is 18.2 Å². The van der Waals surface area contributed by atoms with E-state index in [4.69, 9.17) is 10.00 Å². The molecule has 23 heavy (non-hydrogen) atoms. The van der Waals surface area contributed by atoms with Gasteiger partial charge in [-0.05, 0) is 23.8 Å². The van der Waals surface area contributed by atoms with Crippen molar-refractivity contribution in [3.05, 3.63) is 66.1 Å². The summed E-state index contributed by atoms with van der Waals surface area (Å²) in [7, 11) is 1.55. The number of carbonyl (C=O) groups excluding carboxylic acids is 1. The number of pyridine rings is 1. The number of rotatable bonds is 6. The topological polar surface area (TPSA) is 87.0 Å². The Kier molecular flexibility index (Phi) is 5.72. The van der Waals surface area contributed by atoms with E-state index in [9.17, 15) is 4.79 Å². The van der Waals surface area contributed by atoms with Gasteiger partial charge in [0.15, 0.2) is 0 Å². The number of nitrogens with zero attached hydrogens (tertiary/aromatic N) is 2. The normalized spacial score (nSPS) is 10.5. The second-order valence-electron chi connectivity index (χ2n) is 4.56. The number of nitriles is 1. The Morgan fingerprint density at radius 2 is 2.17 bits per heavy atom. The highest BCUT2D eigenvalue weighted by molar-refractivity contribution is 5.97. The average molecular weight is 308 g/mol. The minimum atomic E-state index is -0.459. The molecule has 2 aromatic rings. The number of hydrogen-bond acceptors (Lipinski definition) is 5. The zero-order valence-corrected chi connectivity index (χ0v) is 12.6. The van der Waals surface area contributed by atoms with E-state index in [1.54, 1.807) is 37.7 Å². The molecule has 0 aliphatic heterocycles. The molecule has 0 aliphatic carbocycles. The first-order valence-electron chi connectivity index (χ1n) is 6.91. The third-order valence-electron chi connectivity index (χ3n) is 3.02. The third kappa shape index (κ3) is 4.58. The van der Waals surface area contributed by atoms with Crippen molar-refractivity contribution in [2.24, 2.45) is 0 Å². The molecule has 0 fully saturated rings. The second-order valence-corrected chi connectivity index (χ2v) is 4.56. The zero-order chi connectivity index (χ0) is 16.5. The van der Waals surface area contributed by atoms with Gasteiger partial charge in [0.05, 0.1) is 12.8 Å². The molecule has 1 aromatic heterocycles. The highest BCUT2D eigenvalue weighted by Crippen LogP contribution is 2.23. The van der Waals surface area contributed by atoms with Gasteiger partial charge in [-0.25, -0.2) is 0 Å². The molecule has 1 heterocycles. The zero-order valence-electron chi connectivity index (χ0n) is 12.6. The monoisotopic (exact) mass is 308 g/mol. The fourth-order valence-corrected chi connectivity index (χ4v) is 1.84. The van der Waals surface area contributed by atoms with E-state index in [2.05, 4.69) is 15.6 Å². The Morgan fingerprint density at radius 1 is 1.35 bits per heavy atom. The summed E-state index contributed by atoms with van der Waals surface area (Å²) in [5.74, 6) is 0.163. The summed E-state index contributed by atoms with van der Waals surface area (Å²) in [4.78, 5) is 16.0. The van der Waals surface area contributed by atoms with Crippen LogP contribution in [0.25, 0.3) is 0 Å². The van der Waals surface area contributed by atoms with Crippen LogP contribution in [-0.2, 0) is 11.3 Å². The molecule has 1 aromatic carbocycles. The van der Waals surface area contributed by atoms with Gasteiger partial charge in [-0.15, -0.1) is 0 Å². The molecular formula is C17H16N4O2. The predicted octanol–water partition coefficient (Wildman–Crippen LogP) is 2.23. The fourth-order valence-electron chi connectivity index (χ4n) is 1.84. The van der Waals surface area contributed by atoms with E-state index >= 15 is 0 Å². The maximum atomic E-state index is 12.0. The lowest BCUT2D eigenvalue weighted by Crippen LogP contribution is -2.24. The van der Waals surface area contributed by atoms with Crippen LogP contribution in [0, 0.1) is 11.3 Å². The van der Waals surface area contributed by atoms with Gasteiger partial charge in [-0.2, -0.15) is 5.26 Å². The van der Waals surface area contributed by atoms with Crippen LogP contribution in [0.1, 0.15) is 5.56 Å². The van der Waals surface area contributed by atoms with E-state index in [0.717, 1.165) is 5.56 Å². The van der Waals surface area contributed by atoms with Crippen LogP contribution in [-0.4, -0.2) is 18.0 Å². The van der Waals surface area contributed by atoms with Gasteiger partial charge in [0.2, 0.25) is 0 Å². The van der Waals surface area contributed by atoms with Crippen molar-refractivity contribution >= 4 is 11.6 Å². The van der Waals surface area contributed by atoms with Crippen molar-refractivity contribution in [2.45, 2.75) is 6.54 Å². The highest BCUT2D eigenvalue weighted by Gasteiger charge is 2.09. The van der Waals surface area contributed by atoms with Gasteiger partial charge >= 0.3 is 0 Å². The second kappa shape index (κ2) is 8.20. The number of ether oxygens (including phenoxy) is 1. The molecule has 0 spiro atoms.